The maximum absolute atomic E-state index is 11.1. The molecule has 0 saturated heterocycles. The fraction of sp³-hybridized carbons (Fsp3) is 0.750. The molecule has 0 unspecified atom stereocenters. The Kier molecular flexibility index (Phi) is 6.02. The molecule has 7 nitrogen and oxygen atoms in total. The van der Waals surface area contributed by atoms with E-state index in [1.807, 2.05) is 0 Å². The molecule has 0 radical (unpaired) electrons. The third-order valence-electron chi connectivity index (χ3n) is 1.62. The van der Waals surface area contributed by atoms with E-state index in [9.17, 15) is 9.59 Å². The highest BCUT2D eigenvalue weighted by molar-refractivity contribution is 5.87. The lowest BCUT2D eigenvalue weighted by Crippen LogP contribution is -2.43. The Hall–Kier alpha value is -1.02. The second-order valence-electron chi connectivity index (χ2n) is 2.92. The van der Waals surface area contributed by atoms with Crippen molar-refractivity contribution < 1.29 is 34.8 Å². The van der Waals surface area contributed by atoms with E-state index in [1.165, 1.54) is 0 Å². The molecule has 15 heavy (non-hydrogen) atoms. The lowest BCUT2D eigenvalue weighted by Gasteiger charge is -2.17. The highest BCUT2D eigenvalue weighted by Crippen LogP contribution is 2.00. The van der Waals surface area contributed by atoms with Gasteiger partial charge in [0.15, 0.2) is 5.78 Å². The van der Waals surface area contributed by atoms with E-state index in [0.29, 0.717) is 0 Å². The molecule has 0 aliphatic heterocycles. The van der Waals surface area contributed by atoms with Crippen molar-refractivity contribution in [3.8, 4) is 0 Å². The average Bonchev–Trinajstić information content (AvgIpc) is 2.22. The van der Waals surface area contributed by atoms with Crippen LogP contribution in [0.1, 0.15) is 6.92 Å². The largest absolute Gasteiger partial charge is 0.463 e. The zero-order valence-electron chi connectivity index (χ0n) is 8.16. The molecule has 0 aromatic heterocycles. The number of carbonyl (C=O) groups excluding carboxylic acids is 2. The van der Waals surface area contributed by atoms with E-state index in [4.69, 9.17) is 20.4 Å². The summed E-state index contributed by atoms with van der Waals surface area (Å²) in [5.74, 6) is -1.79. The molecular formula is C8H14O7. The maximum Gasteiger partial charge on any atom is 0.302 e. The molecule has 0 heterocycles. The number of hydrogen-bond acceptors (Lipinski definition) is 7. The summed E-state index contributed by atoms with van der Waals surface area (Å²) in [5, 5.41) is 35.5. The second kappa shape index (κ2) is 6.46. The summed E-state index contributed by atoms with van der Waals surface area (Å²) in [6.07, 6.45) is -5.28. The molecule has 0 fully saturated rings. The molecule has 88 valence electrons. The van der Waals surface area contributed by atoms with Gasteiger partial charge in [-0.3, -0.25) is 9.59 Å². The summed E-state index contributed by atoms with van der Waals surface area (Å²) in [6, 6.07) is 0. The minimum absolute atomic E-state index is 0.594. The van der Waals surface area contributed by atoms with Crippen molar-refractivity contribution in [1.82, 2.24) is 0 Å². The molecule has 0 amide bonds. The highest BCUT2D eigenvalue weighted by atomic mass is 16.5. The van der Waals surface area contributed by atoms with Crippen LogP contribution in [0, 0.1) is 0 Å². The van der Waals surface area contributed by atoms with Crippen LogP contribution in [0.4, 0.5) is 0 Å². The van der Waals surface area contributed by atoms with E-state index in [2.05, 4.69) is 4.74 Å². The molecule has 0 aromatic rings. The number of aliphatic hydroxyl groups is 4. The van der Waals surface area contributed by atoms with Gasteiger partial charge in [0.2, 0.25) is 0 Å². The minimum Gasteiger partial charge on any atom is -0.463 e. The van der Waals surface area contributed by atoms with Crippen molar-refractivity contribution >= 4 is 11.8 Å². The molecule has 0 saturated carbocycles. The Morgan fingerprint density at radius 2 is 1.80 bits per heavy atom. The van der Waals surface area contributed by atoms with Crippen LogP contribution in [0.25, 0.3) is 0 Å². The monoisotopic (exact) mass is 222 g/mol. The van der Waals surface area contributed by atoms with E-state index >= 15 is 0 Å². The molecule has 0 spiro atoms. The smallest absolute Gasteiger partial charge is 0.302 e. The second-order valence-corrected chi connectivity index (χ2v) is 2.92. The molecule has 4 N–H and O–H groups in total. The first-order valence-corrected chi connectivity index (χ1v) is 4.22. The predicted octanol–water partition coefficient (Wildman–Crippen LogP) is -2.81. The number of esters is 1. The molecule has 0 aromatic carbocycles. The Balaban J connectivity index is 4.13. The number of rotatable bonds is 6. The first kappa shape index (κ1) is 14.0. The third-order valence-corrected chi connectivity index (χ3v) is 1.62. The maximum atomic E-state index is 11.1. The van der Waals surface area contributed by atoms with Gasteiger partial charge in [0.25, 0.3) is 0 Å². The third kappa shape index (κ3) is 4.84. The lowest BCUT2D eigenvalue weighted by atomic mass is 10.1. The summed E-state index contributed by atoms with van der Waals surface area (Å²) < 4.78 is 4.32. The Labute approximate surface area is 85.9 Å². The molecule has 0 rings (SSSR count). The van der Waals surface area contributed by atoms with Crippen molar-refractivity contribution in [3.63, 3.8) is 0 Å². The topological polar surface area (TPSA) is 124 Å². The number of Topliss-reactive ketones (excluding diaryl/α,β-unsaturated/α-hetero) is 1. The van der Waals surface area contributed by atoms with Gasteiger partial charge in [-0.15, -0.1) is 0 Å². The van der Waals surface area contributed by atoms with Gasteiger partial charge in [0, 0.05) is 6.92 Å². The molecule has 0 aliphatic carbocycles. The summed E-state index contributed by atoms with van der Waals surface area (Å²) in [5.41, 5.74) is 0. The number of hydrogen-bond donors (Lipinski definition) is 4. The standard InChI is InChI=1S/C8H14O7/c1-4(10)15-3-6(12)8(14)7(13)5(11)2-9/h5-7,9,11-13H,2-3H2,1H3/t5-,6+,7+/m0/s1. The van der Waals surface area contributed by atoms with Gasteiger partial charge in [-0.2, -0.15) is 0 Å². The van der Waals surface area contributed by atoms with Crippen molar-refractivity contribution in [2.24, 2.45) is 0 Å². The summed E-state index contributed by atoms with van der Waals surface area (Å²) in [6.45, 7) is -0.313. The fourth-order valence-corrected chi connectivity index (χ4v) is 0.765. The van der Waals surface area contributed by atoms with Crippen LogP contribution in [0.3, 0.4) is 0 Å². The molecular weight excluding hydrogens is 208 g/mol. The van der Waals surface area contributed by atoms with E-state index in [1.54, 1.807) is 0 Å². The normalized spacial score (nSPS) is 16.6. The van der Waals surface area contributed by atoms with Crippen LogP contribution in [0.2, 0.25) is 0 Å². The summed E-state index contributed by atoms with van der Waals surface area (Å²) in [7, 11) is 0. The number of aliphatic hydroxyl groups excluding tert-OH is 4. The first-order valence-electron chi connectivity index (χ1n) is 4.22. The van der Waals surface area contributed by atoms with Crippen molar-refractivity contribution in [2.45, 2.75) is 25.2 Å². The van der Waals surface area contributed by atoms with Crippen molar-refractivity contribution in [3.05, 3.63) is 0 Å². The van der Waals surface area contributed by atoms with Crippen LogP contribution < -0.4 is 0 Å². The highest BCUT2D eigenvalue weighted by Gasteiger charge is 2.29. The van der Waals surface area contributed by atoms with Gasteiger partial charge in [-0.1, -0.05) is 0 Å². The van der Waals surface area contributed by atoms with Crippen LogP contribution in [0.15, 0.2) is 0 Å². The van der Waals surface area contributed by atoms with Crippen molar-refractivity contribution in [2.75, 3.05) is 13.2 Å². The fourth-order valence-electron chi connectivity index (χ4n) is 0.765. The molecule has 7 heteroatoms. The van der Waals surface area contributed by atoms with Crippen LogP contribution >= 0.6 is 0 Å². The molecule has 0 aliphatic rings. The summed E-state index contributed by atoms with van der Waals surface area (Å²) in [4.78, 5) is 21.4. The zero-order chi connectivity index (χ0) is 12.0. The van der Waals surface area contributed by atoms with Crippen LogP contribution in [0.5, 0.6) is 0 Å². The number of ketones is 1. The van der Waals surface area contributed by atoms with Gasteiger partial charge in [-0.05, 0) is 0 Å². The summed E-state index contributed by atoms with van der Waals surface area (Å²) >= 11 is 0. The van der Waals surface area contributed by atoms with Gasteiger partial charge in [0.1, 0.15) is 24.9 Å². The Bertz CT molecular complexity index is 227. The molecule has 0 bridgehead atoms. The van der Waals surface area contributed by atoms with Gasteiger partial charge in [0.05, 0.1) is 6.61 Å². The van der Waals surface area contributed by atoms with Gasteiger partial charge in [-0.25, -0.2) is 0 Å². The minimum atomic E-state index is -1.90. The Morgan fingerprint density at radius 3 is 2.20 bits per heavy atom. The zero-order valence-corrected chi connectivity index (χ0v) is 8.16. The Morgan fingerprint density at radius 1 is 1.27 bits per heavy atom. The molecule has 3 atom stereocenters. The average molecular weight is 222 g/mol. The number of carbonyl (C=O) groups is 2. The van der Waals surface area contributed by atoms with Crippen molar-refractivity contribution in [1.29, 1.82) is 0 Å². The van der Waals surface area contributed by atoms with Gasteiger partial charge < -0.3 is 25.2 Å². The number of ether oxygens (including phenoxy) is 1. The SMILES string of the molecule is CC(=O)OC[C@@H](O)C(=O)[C@H](O)[C@@H](O)CO. The predicted molar refractivity (Wildman–Crippen MR) is 46.7 cm³/mol. The first-order chi connectivity index (χ1) is 6.90. The van der Waals surface area contributed by atoms with Gasteiger partial charge >= 0.3 is 5.97 Å². The van der Waals surface area contributed by atoms with E-state index in [-0.39, 0.29) is 0 Å². The van der Waals surface area contributed by atoms with E-state index in [0.717, 1.165) is 6.92 Å². The van der Waals surface area contributed by atoms with E-state index < -0.39 is 43.3 Å². The van der Waals surface area contributed by atoms with Crippen LogP contribution in [-0.2, 0) is 14.3 Å². The lowest BCUT2D eigenvalue weighted by molar-refractivity contribution is -0.152. The van der Waals surface area contributed by atoms with Crippen LogP contribution in [-0.4, -0.2) is 63.7 Å². The quantitative estimate of drug-likeness (QED) is 0.357.